The van der Waals surface area contributed by atoms with Gasteiger partial charge in [0.2, 0.25) is 5.91 Å². The number of amides is 1. The second-order valence-electron chi connectivity index (χ2n) is 9.62. The van der Waals surface area contributed by atoms with Crippen molar-refractivity contribution in [1.29, 1.82) is 0 Å². The summed E-state index contributed by atoms with van der Waals surface area (Å²) in [6, 6.07) is 11.4. The van der Waals surface area contributed by atoms with Crippen molar-refractivity contribution >= 4 is 5.91 Å². The van der Waals surface area contributed by atoms with E-state index in [1.54, 1.807) is 0 Å². The first-order chi connectivity index (χ1) is 12.1. The molecule has 4 unspecified atom stereocenters. The lowest BCUT2D eigenvalue weighted by molar-refractivity contribution is -0.136. The number of piperidine rings is 1. The average Bonchev–Trinajstić information content (AvgIpc) is 2.94. The molecule has 0 spiro atoms. The Hall–Kier alpha value is -1.35. The first kappa shape index (κ1) is 15.9. The van der Waals surface area contributed by atoms with Crippen LogP contribution in [0.1, 0.15) is 57.4 Å². The summed E-state index contributed by atoms with van der Waals surface area (Å²) in [5.41, 5.74) is 1.77. The molecule has 1 heterocycles. The SMILES string of the molecule is CC12CC3CC(c4ccccc4)(C1)CC2(C(=O)NC1CCNCC1)C3. The maximum Gasteiger partial charge on any atom is 0.227 e. The number of carbonyl (C=O) groups excluding carboxylic acids is 1. The summed E-state index contributed by atoms with van der Waals surface area (Å²) in [4.78, 5) is 13.5. The van der Waals surface area contributed by atoms with E-state index >= 15 is 0 Å². The lowest BCUT2D eigenvalue weighted by atomic mass is 9.63. The molecule has 0 aromatic heterocycles. The van der Waals surface area contributed by atoms with Crippen molar-refractivity contribution in [2.75, 3.05) is 13.1 Å². The normalized spacial score (nSPS) is 42.7. The second kappa shape index (κ2) is 5.33. The Kier molecular flexibility index (Phi) is 3.38. The van der Waals surface area contributed by atoms with Gasteiger partial charge in [-0.15, -0.1) is 0 Å². The van der Waals surface area contributed by atoms with Crippen LogP contribution in [0, 0.1) is 16.7 Å². The van der Waals surface area contributed by atoms with E-state index in [9.17, 15) is 4.79 Å². The maximum absolute atomic E-state index is 13.5. The highest BCUT2D eigenvalue weighted by Gasteiger charge is 2.72. The van der Waals surface area contributed by atoms with Crippen molar-refractivity contribution in [1.82, 2.24) is 10.6 Å². The van der Waals surface area contributed by atoms with Gasteiger partial charge in [-0.3, -0.25) is 4.79 Å². The Morgan fingerprint density at radius 1 is 1.08 bits per heavy atom. The Labute approximate surface area is 151 Å². The van der Waals surface area contributed by atoms with E-state index in [4.69, 9.17) is 0 Å². The highest BCUT2D eigenvalue weighted by Crippen LogP contribution is 2.76. The zero-order valence-corrected chi connectivity index (χ0v) is 15.3. The molecular weight excluding hydrogens is 308 g/mol. The molecule has 4 aliphatic carbocycles. The molecule has 134 valence electrons. The molecule has 3 nitrogen and oxygen atoms in total. The predicted octanol–water partition coefficient (Wildman–Crippen LogP) is 3.39. The van der Waals surface area contributed by atoms with Crippen molar-refractivity contribution in [3.63, 3.8) is 0 Å². The number of carbonyl (C=O) groups is 1. The molecule has 4 atom stereocenters. The highest BCUT2D eigenvalue weighted by atomic mass is 16.2. The molecule has 4 saturated carbocycles. The van der Waals surface area contributed by atoms with Gasteiger partial charge in [-0.1, -0.05) is 37.3 Å². The largest absolute Gasteiger partial charge is 0.353 e. The first-order valence-corrected chi connectivity index (χ1v) is 10.1. The zero-order valence-electron chi connectivity index (χ0n) is 15.3. The topological polar surface area (TPSA) is 41.1 Å². The minimum Gasteiger partial charge on any atom is -0.353 e. The van der Waals surface area contributed by atoms with Crippen molar-refractivity contribution in [3.05, 3.63) is 35.9 Å². The van der Waals surface area contributed by atoms with Gasteiger partial charge in [0.25, 0.3) is 0 Å². The van der Waals surface area contributed by atoms with Crippen LogP contribution in [0.15, 0.2) is 30.3 Å². The minimum absolute atomic E-state index is 0.128. The molecule has 6 rings (SSSR count). The van der Waals surface area contributed by atoms with Gasteiger partial charge in [-0.25, -0.2) is 0 Å². The fourth-order valence-corrected chi connectivity index (χ4v) is 7.25. The van der Waals surface area contributed by atoms with Gasteiger partial charge >= 0.3 is 0 Å². The van der Waals surface area contributed by atoms with Crippen molar-refractivity contribution in [3.8, 4) is 0 Å². The summed E-state index contributed by atoms with van der Waals surface area (Å²) in [5.74, 6) is 1.10. The zero-order chi connectivity index (χ0) is 17.1. The maximum atomic E-state index is 13.5. The van der Waals surface area contributed by atoms with Gasteiger partial charge < -0.3 is 10.6 Å². The van der Waals surface area contributed by atoms with Gasteiger partial charge in [0.1, 0.15) is 0 Å². The van der Waals surface area contributed by atoms with Gasteiger partial charge in [0.05, 0.1) is 5.41 Å². The minimum atomic E-state index is -0.128. The number of hydrogen-bond donors (Lipinski definition) is 2. The Balaban J connectivity index is 1.46. The molecule has 4 bridgehead atoms. The number of benzene rings is 1. The summed E-state index contributed by atoms with van der Waals surface area (Å²) in [6.45, 7) is 4.48. The summed E-state index contributed by atoms with van der Waals surface area (Å²) in [5, 5.41) is 6.88. The second-order valence-corrected chi connectivity index (χ2v) is 9.62. The average molecular weight is 338 g/mol. The quantitative estimate of drug-likeness (QED) is 0.887. The van der Waals surface area contributed by atoms with Crippen LogP contribution in [-0.2, 0) is 10.2 Å². The molecule has 1 amide bonds. The number of nitrogens with one attached hydrogen (secondary N) is 2. The van der Waals surface area contributed by atoms with Crippen LogP contribution in [0.25, 0.3) is 0 Å². The van der Waals surface area contributed by atoms with E-state index in [1.807, 2.05) is 0 Å². The summed E-state index contributed by atoms with van der Waals surface area (Å²) < 4.78 is 0. The van der Waals surface area contributed by atoms with Gasteiger partial charge in [0.15, 0.2) is 0 Å². The molecule has 1 aromatic rings. The van der Waals surface area contributed by atoms with Crippen LogP contribution in [0.4, 0.5) is 0 Å². The van der Waals surface area contributed by atoms with Crippen LogP contribution >= 0.6 is 0 Å². The molecule has 1 saturated heterocycles. The third-order valence-corrected chi connectivity index (χ3v) is 8.07. The monoisotopic (exact) mass is 338 g/mol. The fraction of sp³-hybridized carbons (Fsp3) is 0.682. The molecule has 5 fully saturated rings. The van der Waals surface area contributed by atoms with E-state index in [0.717, 1.165) is 44.7 Å². The third kappa shape index (κ3) is 2.17. The Morgan fingerprint density at radius 3 is 2.60 bits per heavy atom. The van der Waals surface area contributed by atoms with E-state index in [1.165, 1.54) is 24.8 Å². The summed E-state index contributed by atoms with van der Waals surface area (Å²) >= 11 is 0. The van der Waals surface area contributed by atoms with Crippen molar-refractivity contribution in [2.45, 2.75) is 63.3 Å². The van der Waals surface area contributed by atoms with Gasteiger partial charge in [-0.2, -0.15) is 0 Å². The predicted molar refractivity (Wildman–Crippen MR) is 99.3 cm³/mol. The smallest absolute Gasteiger partial charge is 0.227 e. The van der Waals surface area contributed by atoms with Crippen LogP contribution < -0.4 is 10.6 Å². The van der Waals surface area contributed by atoms with Gasteiger partial charge in [-0.05, 0) is 80.3 Å². The van der Waals surface area contributed by atoms with Crippen LogP contribution in [-0.4, -0.2) is 25.0 Å². The highest BCUT2D eigenvalue weighted by molar-refractivity contribution is 5.85. The molecule has 25 heavy (non-hydrogen) atoms. The molecule has 0 radical (unpaired) electrons. The molecule has 5 aliphatic rings. The number of hydrogen-bond acceptors (Lipinski definition) is 2. The van der Waals surface area contributed by atoms with E-state index in [2.05, 4.69) is 47.9 Å². The lowest BCUT2D eigenvalue weighted by Crippen LogP contribution is -2.51. The van der Waals surface area contributed by atoms with Crippen molar-refractivity contribution < 1.29 is 4.79 Å². The van der Waals surface area contributed by atoms with Crippen LogP contribution in [0.5, 0.6) is 0 Å². The molecule has 1 aliphatic heterocycles. The lowest BCUT2D eigenvalue weighted by Gasteiger charge is -2.41. The fourth-order valence-electron chi connectivity index (χ4n) is 7.25. The van der Waals surface area contributed by atoms with Crippen LogP contribution in [0.2, 0.25) is 0 Å². The van der Waals surface area contributed by atoms with E-state index in [0.29, 0.717) is 11.9 Å². The first-order valence-electron chi connectivity index (χ1n) is 10.1. The van der Waals surface area contributed by atoms with Crippen molar-refractivity contribution in [2.24, 2.45) is 16.7 Å². The summed E-state index contributed by atoms with van der Waals surface area (Å²) in [7, 11) is 0. The summed E-state index contributed by atoms with van der Waals surface area (Å²) in [6.07, 6.45) is 8.07. The number of rotatable bonds is 3. The Morgan fingerprint density at radius 2 is 1.84 bits per heavy atom. The molecule has 1 aromatic carbocycles. The van der Waals surface area contributed by atoms with E-state index in [-0.39, 0.29) is 16.2 Å². The Bertz CT molecular complexity index is 683. The molecule has 2 N–H and O–H groups in total. The molecular formula is C22H30N2O. The van der Waals surface area contributed by atoms with Gasteiger partial charge in [0, 0.05) is 6.04 Å². The third-order valence-electron chi connectivity index (χ3n) is 8.07. The van der Waals surface area contributed by atoms with Crippen LogP contribution in [0.3, 0.4) is 0 Å². The van der Waals surface area contributed by atoms with E-state index < -0.39 is 0 Å². The molecule has 3 heteroatoms. The standard InChI is InChI=1S/C22H30N2O/c1-20-11-16-12-21(14-20,17-5-3-2-4-6-17)15-22(20,13-16)19(25)24-18-7-9-23-10-8-18/h2-6,16,18,23H,7-15H2,1H3,(H,24,25).